The average molecular weight is 1070 g/mol. The summed E-state index contributed by atoms with van der Waals surface area (Å²) in [5.74, 6) is 0. The Morgan fingerprint density at radius 3 is 1.17 bits per heavy atom. The van der Waals surface area contributed by atoms with Crippen molar-refractivity contribution in [2.45, 2.75) is 0 Å². The molecule has 0 aliphatic rings. The van der Waals surface area contributed by atoms with Crippen LogP contribution in [-0.2, 0) is 0 Å². The third kappa shape index (κ3) is 6.15. The van der Waals surface area contributed by atoms with Crippen molar-refractivity contribution in [1.29, 1.82) is 10.5 Å². The Kier molecular flexibility index (Phi) is 4.82. The first kappa shape index (κ1) is 22.9. The van der Waals surface area contributed by atoms with E-state index in [1.165, 1.54) is 42.5 Å². The topological polar surface area (TPSA) is 80.4 Å². The molecule has 0 atom stereocenters. The molecule has 0 N–H and O–H groups in total. The Bertz CT molecular complexity index is 7450. The third-order valence-corrected chi connectivity index (χ3v) is 14.5. The summed E-state index contributed by atoms with van der Waals surface area (Å²) >= 11 is 0. The zero-order valence-electron chi connectivity index (χ0n) is 74.7. The minimum absolute atomic E-state index is 0.0341. The summed E-state index contributed by atoms with van der Waals surface area (Å²) < 4.78 is 331. The molecule has 0 amide bonds. The maximum Gasteiger partial charge on any atom is 0.160 e. The number of nitriles is 2. The first-order valence-electron chi connectivity index (χ1n) is 41.4. The van der Waals surface area contributed by atoms with Crippen LogP contribution in [0.15, 0.2) is 258 Å². The van der Waals surface area contributed by atoms with Gasteiger partial charge in [0.1, 0.15) is 28.8 Å². The molecule has 0 unspecified atom stereocenters. The molecule has 5 heterocycles. The predicted octanol–water partition coefficient (Wildman–Crippen LogP) is 19.1. The summed E-state index contributed by atoms with van der Waals surface area (Å²) in [6.07, 6.45) is 0. The highest BCUT2D eigenvalue weighted by atomic mass is 16.3. The van der Waals surface area contributed by atoms with E-state index in [1.54, 1.807) is 6.07 Å². The Morgan fingerprint density at radius 2 is 0.728 bits per heavy atom. The first-order valence-corrected chi connectivity index (χ1v) is 24.4. The van der Waals surface area contributed by atoms with E-state index in [9.17, 15) is 43.4 Å². The van der Waals surface area contributed by atoms with Gasteiger partial charge in [0.25, 0.3) is 0 Å². The highest BCUT2D eigenvalue weighted by Crippen LogP contribution is 2.51. The van der Waals surface area contributed by atoms with Crippen LogP contribution < -0.4 is 0 Å². The lowest BCUT2D eigenvalue weighted by Crippen LogP contribution is -2.16. The number of rotatable bonds is 6. The molecule has 12 aromatic carbocycles. The normalized spacial score (nSPS) is 17.8. The summed E-state index contributed by atoms with van der Waals surface area (Å²) in [6.45, 7) is 0. The minimum Gasteiger partial charge on any atom is -0.454 e. The van der Waals surface area contributed by atoms with Gasteiger partial charge >= 0.3 is 0 Å². The number of benzene rings is 12. The quantitative estimate of drug-likeness (QED) is 0.166. The van der Waals surface area contributed by atoms with Crippen LogP contribution in [0.4, 0.5) is 0 Å². The van der Waals surface area contributed by atoms with Crippen LogP contribution in [-0.4, -0.2) is 18.3 Å². The van der Waals surface area contributed by atoms with Gasteiger partial charge in [0.05, 0.1) is 113 Å². The molecule has 0 bridgehead atoms. The monoisotopic (exact) mass is 1060 g/mol. The molecule has 0 saturated carbocycles. The van der Waals surface area contributed by atoms with Crippen molar-refractivity contribution in [1.82, 2.24) is 18.3 Å². The average Bonchev–Trinajstić information content (AvgIpc) is 1.52. The van der Waals surface area contributed by atoms with Crippen LogP contribution >= 0.6 is 0 Å². The SMILES string of the molecule is [2H]c1c([2H])c([2H])c(-c2ccc3c(c2)c2cc(-c4c([2H])c([2H])c([2H])c([2H])c4[2H])c4c5ccccc5oc4c2n3-c2c(C#N)c(-n3c4c([2H])c([2H])c([2H])c([2H])c4c4c([2H])c([2H])c([2H])c([2H])c43)c(-n3c4c([2H])c([2H])c([2H])c([2H])c4c4c([2H])c([2H])c([2H])c([2H])c43)c(C#N)c2-n2c3c([2H])c([2H])c([2H])c([2H])c3c3c([2H])c([2H])c([2H])c([2H])c32)c([2H])c1[2H]. The Hall–Kier alpha value is -11.4. The van der Waals surface area contributed by atoms with Crippen molar-refractivity contribution < 1.29 is 51.0 Å². The van der Waals surface area contributed by atoms with Gasteiger partial charge in [0, 0.05) is 53.9 Å². The summed E-state index contributed by atoms with van der Waals surface area (Å²) in [4.78, 5) is 0. The van der Waals surface area contributed by atoms with Gasteiger partial charge in [-0.15, -0.1) is 0 Å². The van der Waals surface area contributed by atoms with E-state index in [2.05, 4.69) is 12.1 Å². The maximum atomic E-state index is 13.4. The fourth-order valence-corrected chi connectivity index (χ4v) is 11.5. The Labute approximate surface area is 510 Å². The van der Waals surface area contributed by atoms with Crippen molar-refractivity contribution in [3.63, 3.8) is 0 Å². The van der Waals surface area contributed by atoms with Crippen LogP contribution in [0.25, 0.3) is 154 Å². The summed E-state index contributed by atoms with van der Waals surface area (Å²) in [5.41, 5.74) is -14.0. The smallest absolute Gasteiger partial charge is 0.160 e. The van der Waals surface area contributed by atoms with Crippen LogP contribution in [0.1, 0.15) is 57.7 Å². The second-order valence-electron chi connectivity index (χ2n) is 18.4. The van der Waals surface area contributed by atoms with Crippen molar-refractivity contribution >= 4 is 109 Å². The lowest BCUT2D eigenvalue weighted by Gasteiger charge is -2.27. The van der Waals surface area contributed by atoms with E-state index in [0.29, 0.717) is 9.13 Å². The van der Waals surface area contributed by atoms with Crippen molar-refractivity contribution in [2.75, 3.05) is 0 Å². The molecule has 81 heavy (non-hydrogen) atoms. The van der Waals surface area contributed by atoms with Crippen molar-refractivity contribution in [2.24, 2.45) is 0 Å². The molecule has 0 spiro atoms. The summed E-state index contributed by atoms with van der Waals surface area (Å²) in [6, 6.07) is -18.0. The van der Waals surface area contributed by atoms with Crippen molar-refractivity contribution in [3.8, 4) is 57.1 Å². The van der Waals surface area contributed by atoms with Gasteiger partial charge in [-0.2, -0.15) is 10.5 Å². The van der Waals surface area contributed by atoms with Gasteiger partial charge in [0.15, 0.2) is 5.58 Å². The molecule has 0 aliphatic carbocycles. The predicted molar refractivity (Wildman–Crippen MR) is 331 cm³/mol. The van der Waals surface area contributed by atoms with E-state index >= 15 is 0 Å². The van der Waals surface area contributed by atoms with Crippen molar-refractivity contribution in [3.05, 3.63) is 265 Å². The number of aromatic nitrogens is 4. The molecular formula is C74H42N6O. The summed E-state index contributed by atoms with van der Waals surface area (Å²) in [5, 5.41) is 22.0. The second-order valence-corrected chi connectivity index (χ2v) is 18.4. The van der Waals surface area contributed by atoms with Gasteiger partial charge in [-0.05, 0) is 82.8 Å². The standard InChI is InChI=1S/C74H42N6O/c75-43-58-69(77-60-32-14-7-25-48(60)49-26-8-15-33-61(49)77)70(78-62-34-16-9-27-50(62)51-28-10-17-35-63(51)78)59(44-76)72(71(58)79-64-36-18-11-29-52(64)53-30-12-19-37-65(53)79)80-66-40-39-47(45-21-3-1-4-22-45)41-56(66)57-42-55(46-23-5-2-6-24-46)68-54-31-13-20-38-67(54)81-74(68)73(57)80/h1-42H/i1D,2D,3D,4D,5D,6D,7D,8D,9D,10D,11D,12D,14D,15D,16D,17D,18D,19D,21D,22D,23D,24D,25D,26D,27D,28D,29D,30D,32D,33D,34D,35D,36D,37D. The number of furan rings is 1. The lowest BCUT2D eigenvalue weighted by molar-refractivity contribution is 0.671. The van der Waals surface area contributed by atoms with Gasteiger partial charge < -0.3 is 22.7 Å². The molecule has 0 saturated heterocycles. The fourth-order valence-electron chi connectivity index (χ4n) is 11.5. The first-order chi connectivity index (χ1) is 54.3. The fraction of sp³-hybridized carbons (Fsp3) is 0. The Morgan fingerprint density at radius 1 is 0.333 bits per heavy atom. The third-order valence-electron chi connectivity index (χ3n) is 14.5. The van der Waals surface area contributed by atoms with Crippen LogP contribution in [0.5, 0.6) is 0 Å². The molecule has 5 aromatic heterocycles. The highest BCUT2D eigenvalue weighted by molar-refractivity contribution is 6.27. The maximum absolute atomic E-state index is 13.4. The van der Waals surface area contributed by atoms with Gasteiger partial charge in [-0.3, -0.25) is 0 Å². The lowest BCUT2D eigenvalue weighted by atomic mass is 9.96. The van der Waals surface area contributed by atoms with Crippen LogP contribution in [0.2, 0.25) is 0 Å². The van der Waals surface area contributed by atoms with Gasteiger partial charge in [-0.1, -0.05) is 193 Å². The van der Waals surface area contributed by atoms with E-state index in [4.69, 9.17) is 18.1 Å². The van der Waals surface area contributed by atoms with E-state index in [1.807, 2.05) is 0 Å². The minimum atomic E-state index is -1.17. The van der Waals surface area contributed by atoms with E-state index < -0.39 is 321 Å². The number of hydrogen-bond donors (Lipinski definition) is 0. The van der Waals surface area contributed by atoms with E-state index in [-0.39, 0.29) is 49.3 Å². The summed E-state index contributed by atoms with van der Waals surface area (Å²) in [7, 11) is 0. The van der Waals surface area contributed by atoms with E-state index in [0.717, 1.165) is 9.13 Å². The molecule has 0 aliphatic heterocycles. The molecule has 374 valence electrons. The number of nitrogens with zero attached hydrogens (tertiary/aromatic N) is 6. The number of para-hydroxylation sites is 7. The zero-order valence-corrected chi connectivity index (χ0v) is 40.7. The number of hydrogen-bond acceptors (Lipinski definition) is 3. The molecule has 17 aromatic rings. The molecule has 7 heteroatoms. The molecular weight excluding hydrogens is 989 g/mol. The zero-order chi connectivity index (χ0) is 83.0. The van der Waals surface area contributed by atoms with Crippen LogP contribution in [0.3, 0.4) is 0 Å². The number of fused-ring (bicyclic) bond motifs is 16. The highest BCUT2D eigenvalue weighted by Gasteiger charge is 2.35. The second kappa shape index (κ2) is 17.1. The molecule has 0 fully saturated rings. The molecule has 0 radical (unpaired) electrons. The largest absolute Gasteiger partial charge is 0.454 e. The van der Waals surface area contributed by atoms with Gasteiger partial charge in [0.2, 0.25) is 0 Å². The van der Waals surface area contributed by atoms with Crippen LogP contribution in [0, 0.1) is 22.7 Å². The Balaban J connectivity index is 1.30. The molecule has 7 nitrogen and oxygen atoms in total. The molecule has 17 rings (SSSR count). The van der Waals surface area contributed by atoms with Gasteiger partial charge in [-0.25, -0.2) is 0 Å².